The summed E-state index contributed by atoms with van der Waals surface area (Å²) in [4.78, 5) is 8.16. The second kappa shape index (κ2) is 7.72. The molecule has 0 bridgehead atoms. The van der Waals surface area contributed by atoms with Gasteiger partial charge in [-0.25, -0.2) is 4.39 Å². The van der Waals surface area contributed by atoms with Gasteiger partial charge in [0.25, 0.3) is 0 Å². The van der Waals surface area contributed by atoms with E-state index in [1.54, 1.807) is 24.7 Å². The third kappa shape index (κ3) is 3.64. The lowest BCUT2D eigenvalue weighted by Gasteiger charge is -2.20. The molecule has 1 aliphatic heterocycles. The molecule has 0 aliphatic carbocycles. The SMILES string of the molecule is Fc1cc(-c2ccncc2)ccc1CN[C@H]1CCO[C@@H]1c1cccnc1. The van der Waals surface area contributed by atoms with Crippen LogP contribution in [0.15, 0.2) is 67.3 Å². The van der Waals surface area contributed by atoms with Crippen LogP contribution in [0.25, 0.3) is 11.1 Å². The smallest absolute Gasteiger partial charge is 0.128 e. The summed E-state index contributed by atoms with van der Waals surface area (Å²) < 4.78 is 20.4. The van der Waals surface area contributed by atoms with Gasteiger partial charge in [-0.3, -0.25) is 9.97 Å². The molecular formula is C21H20FN3O. The molecule has 4 nitrogen and oxygen atoms in total. The molecule has 4 rings (SSSR count). The van der Waals surface area contributed by atoms with Gasteiger partial charge in [0.2, 0.25) is 0 Å². The van der Waals surface area contributed by atoms with Crippen molar-refractivity contribution in [2.24, 2.45) is 0 Å². The highest BCUT2D eigenvalue weighted by Crippen LogP contribution is 2.29. The molecular weight excluding hydrogens is 329 g/mol. The monoisotopic (exact) mass is 349 g/mol. The number of ether oxygens (including phenoxy) is 1. The maximum absolute atomic E-state index is 14.5. The summed E-state index contributed by atoms with van der Waals surface area (Å²) in [7, 11) is 0. The molecule has 1 saturated heterocycles. The Morgan fingerprint density at radius 2 is 1.92 bits per heavy atom. The summed E-state index contributed by atoms with van der Waals surface area (Å²) in [5.41, 5.74) is 3.51. The third-order valence-corrected chi connectivity index (χ3v) is 4.73. The van der Waals surface area contributed by atoms with Crippen molar-refractivity contribution in [2.45, 2.75) is 25.1 Å². The van der Waals surface area contributed by atoms with Gasteiger partial charge in [0.05, 0.1) is 6.10 Å². The molecule has 0 amide bonds. The van der Waals surface area contributed by atoms with Crippen LogP contribution in [-0.2, 0) is 11.3 Å². The number of nitrogens with one attached hydrogen (secondary N) is 1. The van der Waals surface area contributed by atoms with Crippen molar-refractivity contribution in [3.63, 3.8) is 0 Å². The van der Waals surface area contributed by atoms with E-state index in [2.05, 4.69) is 15.3 Å². The van der Waals surface area contributed by atoms with E-state index in [0.717, 1.165) is 23.1 Å². The van der Waals surface area contributed by atoms with Gasteiger partial charge in [0, 0.05) is 55.1 Å². The van der Waals surface area contributed by atoms with Gasteiger partial charge in [-0.05, 0) is 41.8 Å². The zero-order chi connectivity index (χ0) is 17.8. The summed E-state index contributed by atoms with van der Waals surface area (Å²) in [5, 5.41) is 3.44. The number of benzene rings is 1. The zero-order valence-electron chi connectivity index (χ0n) is 14.3. The van der Waals surface area contributed by atoms with Gasteiger partial charge in [0.1, 0.15) is 5.82 Å². The second-order valence-corrected chi connectivity index (χ2v) is 6.40. The van der Waals surface area contributed by atoms with Gasteiger partial charge in [0.15, 0.2) is 0 Å². The summed E-state index contributed by atoms with van der Waals surface area (Å²) in [6.07, 6.45) is 7.86. The number of pyridine rings is 2. The van der Waals surface area contributed by atoms with Gasteiger partial charge < -0.3 is 10.1 Å². The predicted octanol–water partition coefficient (Wildman–Crippen LogP) is 3.90. The molecule has 1 N–H and O–H groups in total. The lowest BCUT2D eigenvalue weighted by molar-refractivity contribution is 0.0981. The Bertz CT molecular complexity index is 858. The molecule has 0 unspecified atom stereocenters. The maximum Gasteiger partial charge on any atom is 0.128 e. The van der Waals surface area contributed by atoms with E-state index < -0.39 is 0 Å². The van der Waals surface area contributed by atoms with Crippen molar-refractivity contribution >= 4 is 0 Å². The predicted molar refractivity (Wildman–Crippen MR) is 97.8 cm³/mol. The van der Waals surface area contributed by atoms with Gasteiger partial charge in [-0.2, -0.15) is 0 Å². The van der Waals surface area contributed by atoms with Crippen molar-refractivity contribution in [1.29, 1.82) is 0 Å². The standard InChI is InChI=1S/C21H20FN3O/c22-19-12-16(15-5-9-23-10-6-15)3-4-17(19)14-25-20-7-11-26-21(20)18-2-1-8-24-13-18/h1-6,8-10,12-13,20-21,25H,7,11,14H2/t20-,21+/m0/s1. The van der Waals surface area contributed by atoms with Crippen LogP contribution in [0.5, 0.6) is 0 Å². The highest BCUT2D eigenvalue weighted by atomic mass is 19.1. The van der Waals surface area contributed by atoms with Crippen LogP contribution in [0.3, 0.4) is 0 Å². The number of nitrogens with zero attached hydrogens (tertiary/aromatic N) is 2. The van der Waals surface area contributed by atoms with E-state index in [4.69, 9.17) is 4.74 Å². The number of hydrogen-bond donors (Lipinski definition) is 1. The molecule has 3 heterocycles. The lowest BCUT2D eigenvalue weighted by Crippen LogP contribution is -2.31. The van der Waals surface area contributed by atoms with Crippen LogP contribution >= 0.6 is 0 Å². The Morgan fingerprint density at radius 3 is 2.69 bits per heavy atom. The van der Waals surface area contributed by atoms with Crippen molar-refractivity contribution in [3.8, 4) is 11.1 Å². The molecule has 132 valence electrons. The third-order valence-electron chi connectivity index (χ3n) is 4.73. The summed E-state index contributed by atoms with van der Waals surface area (Å²) in [6.45, 7) is 1.16. The summed E-state index contributed by atoms with van der Waals surface area (Å²) in [6, 6.07) is 13.2. The van der Waals surface area contributed by atoms with E-state index in [1.165, 1.54) is 0 Å². The van der Waals surface area contributed by atoms with Crippen LogP contribution in [0.1, 0.15) is 23.7 Å². The fourth-order valence-electron chi connectivity index (χ4n) is 3.33. The van der Waals surface area contributed by atoms with E-state index in [-0.39, 0.29) is 18.0 Å². The largest absolute Gasteiger partial charge is 0.372 e. The minimum Gasteiger partial charge on any atom is -0.372 e. The Labute approximate surface area is 152 Å². The van der Waals surface area contributed by atoms with Crippen molar-refractivity contribution < 1.29 is 9.13 Å². The second-order valence-electron chi connectivity index (χ2n) is 6.40. The maximum atomic E-state index is 14.5. The van der Waals surface area contributed by atoms with Crippen LogP contribution in [0.2, 0.25) is 0 Å². The van der Waals surface area contributed by atoms with Gasteiger partial charge in [-0.1, -0.05) is 18.2 Å². The van der Waals surface area contributed by atoms with E-state index in [1.807, 2.05) is 42.6 Å². The number of halogens is 1. The quantitative estimate of drug-likeness (QED) is 0.759. The van der Waals surface area contributed by atoms with Crippen LogP contribution < -0.4 is 5.32 Å². The highest BCUT2D eigenvalue weighted by molar-refractivity contribution is 5.63. The Balaban J connectivity index is 1.45. The number of aromatic nitrogens is 2. The van der Waals surface area contributed by atoms with E-state index in [0.29, 0.717) is 18.7 Å². The molecule has 2 atom stereocenters. The first-order chi connectivity index (χ1) is 12.8. The fourth-order valence-corrected chi connectivity index (χ4v) is 3.33. The van der Waals surface area contributed by atoms with E-state index >= 15 is 0 Å². The Morgan fingerprint density at radius 1 is 1.04 bits per heavy atom. The molecule has 1 fully saturated rings. The normalized spacial score (nSPS) is 19.6. The van der Waals surface area contributed by atoms with Crippen molar-refractivity contribution in [3.05, 3.63) is 84.2 Å². The van der Waals surface area contributed by atoms with Crippen LogP contribution in [0, 0.1) is 5.82 Å². The minimum atomic E-state index is -0.205. The first kappa shape index (κ1) is 16.8. The zero-order valence-corrected chi connectivity index (χ0v) is 14.3. The van der Waals surface area contributed by atoms with Gasteiger partial charge in [-0.15, -0.1) is 0 Å². The molecule has 0 saturated carbocycles. The Kier molecular flexibility index (Phi) is 5.00. The molecule has 5 heteroatoms. The molecule has 0 radical (unpaired) electrons. The molecule has 2 aromatic heterocycles. The minimum absolute atomic E-state index is 0.0390. The van der Waals surface area contributed by atoms with Crippen molar-refractivity contribution in [1.82, 2.24) is 15.3 Å². The van der Waals surface area contributed by atoms with Gasteiger partial charge >= 0.3 is 0 Å². The van der Waals surface area contributed by atoms with Crippen LogP contribution in [0.4, 0.5) is 4.39 Å². The van der Waals surface area contributed by atoms with Crippen LogP contribution in [-0.4, -0.2) is 22.6 Å². The first-order valence-electron chi connectivity index (χ1n) is 8.75. The average molecular weight is 349 g/mol. The first-order valence-corrected chi connectivity index (χ1v) is 8.75. The molecule has 3 aromatic rings. The molecule has 26 heavy (non-hydrogen) atoms. The highest BCUT2D eigenvalue weighted by Gasteiger charge is 2.29. The number of rotatable bonds is 5. The summed E-state index contributed by atoms with van der Waals surface area (Å²) >= 11 is 0. The van der Waals surface area contributed by atoms with Crippen molar-refractivity contribution in [2.75, 3.05) is 6.61 Å². The Hall–Kier alpha value is -2.63. The van der Waals surface area contributed by atoms with E-state index in [9.17, 15) is 4.39 Å². The lowest BCUT2D eigenvalue weighted by atomic mass is 10.0. The average Bonchev–Trinajstić information content (AvgIpc) is 3.17. The summed E-state index contributed by atoms with van der Waals surface area (Å²) in [5.74, 6) is -0.205. The molecule has 1 aliphatic rings. The molecule has 0 spiro atoms. The number of hydrogen-bond acceptors (Lipinski definition) is 4. The topological polar surface area (TPSA) is 47.0 Å². The molecule has 1 aromatic carbocycles. The fraction of sp³-hybridized carbons (Fsp3) is 0.238.